The number of nitrogens with one attached hydrogen (secondary N) is 1. The number of phenolic OH excluding ortho intramolecular Hbond substituents is 1. The predicted octanol–water partition coefficient (Wildman–Crippen LogP) is 2.92. The summed E-state index contributed by atoms with van der Waals surface area (Å²) in [6.07, 6.45) is 2.73. The Labute approximate surface area is 148 Å². The van der Waals surface area contributed by atoms with Gasteiger partial charge in [-0.2, -0.15) is 5.10 Å². The average molecular weight is 350 g/mol. The van der Waals surface area contributed by atoms with E-state index in [0.717, 1.165) is 5.69 Å². The van der Waals surface area contributed by atoms with Crippen LogP contribution in [0.5, 0.6) is 5.75 Å². The molecule has 0 aliphatic carbocycles. The third kappa shape index (κ3) is 3.48. The highest BCUT2D eigenvalue weighted by atomic mass is 16.6. The average Bonchev–Trinajstić information content (AvgIpc) is 2.63. The lowest BCUT2D eigenvalue weighted by atomic mass is 10.0. The molecule has 3 rings (SSSR count). The number of hydrazone groups is 1. The summed E-state index contributed by atoms with van der Waals surface area (Å²) < 4.78 is 0. The SMILES string of the molecule is Cc1ccc(C(=O)N/N=C\c2c(O)ccc3cc([N+](=O)[O-])ccc23)cn1. The van der Waals surface area contributed by atoms with Gasteiger partial charge in [-0.25, -0.2) is 5.43 Å². The smallest absolute Gasteiger partial charge is 0.272 e. The maximum absolute atomic E-state index is 12.0. The Balaban J connectivity index is 1.86. The number of non-ortho nitro benzene ring substituents is 1. The minimum atomic E-state index is -0.490. The van der Waals surface area contributed by atoms with E-state index in [-0.39, 0.29) is 11.4 Å². The zero-order chi connectivity index (χ0) is 18.7. The highest BCUT2D eigenvalue weighted by molar-refractivity contribution is 6.03. The fourth-order valence-electron chi connectivity index (χ4n) is 2.40. The van der Waals surface area contributed by atoms with Gasteiger partial charge in [-0.3, -0.25) is 19.9 Å². The van der Waals surface area contributed by atoms with Gasteiger partial charge in [0.05, 0.1) is 16.7 Å². The third-order valence-corrected chi connectivity index (χ3v) is 3.77. The lowest BCUT2D eigenvalue weighted by Crippen LogP contribution is -2.17. The van der Waals surface area contributed by atoms with E-state index in [2.05, 4.69) is 15.5 Å². The summed E-state index contributed by atoms with van der Waals surface area (Å²) >= 11 is 0. The van der Waals surface area contributed by atoms with Crippen LogP contribution in [0.25, 0.3) is 10.8 Å². The van der Waals surface area contributed by atoms with E-state index < -0.39 is 10.8 Å². The lowest BCUT2D eigenvalue weighted by molar-refractivity contribution is -0.384. The van der Waals surface area contributed by atoms with Crippen molar-refractivity contribution >= 4 is 28.6 Å². The van der Waals surface area contributed by atoms with E-state index in [4.69, 9.17) is 0 Å². The number of phenols is 1. The van der Waals surface area contributed by atoms with Crippen molar-refractivity contribution in [1.29, 1.82) is 0 Å². The fourth-order valence-corrected chi connectivity index (χ4v) is 2.40. The number of pyridine rings is 1. The van der Waals surface area contributed by atoms with Crippen molar-refractivity contribution in [3.8, 4) is 5.75 Å². The molecule has 0 saturated heterocycles. The van der Waals surface area contributed by atoms with Crippen molar-refractivity contribution in [2.75, 3.05) is 0 Å². The van der Waals surface area contributed by atoms with Crippen molar-refractivity contribution < 1.29 is 14.8 Å². The molecule has 1 heterocycles. The number of aromatic nitrogens is 1. The van der Waals surface area contributed by atoms with E-state index in [0.29, 0.717) is 21.9 Å². The normalized spacial score (nSPS) is 11.0. The van der Waals surface area contributed by atoms with E-state index in [1.54, 1.807) is 18.2 Å². The number of hydrogen-bond donors (Lipinski definition) is 2. The first kappa shape index (κ1) is 17.0. The Morgan fingerprint density at radius 3 is 2.77 bits per heavy atom. The molecule has 2 aromatic carbocycles. The number of benzene rings is 2. The quantitative estimate of drug-likeness (QED) is 0.426. The number of carbonyl (C=O) groups excluding carboxylic acids is 1. The van der Waals surface area contributed by atoms with Gasteiger partial charge in [0.15, 0.2) is 0 Å². The van der Waals surface area contributed by atoms with Gasteiger partial charge >= 0.3 is 0 Å². The molecule has 0 fully saturated rings. The molecule has 2 N–H and O–H groups in total. The number of aromatic hydroxyl groups is 1. The lowest BCUT2D eigenvalue weighted by Gasteiger charge is -2.05. The number of carbonyl (C=O) groups is 1. The van der Waals surface area contributed by atoms with Crippen LogP contribution in [-0.2, 0) is 0 Å². The Morgan fingerprint density at radius 2 is 2.08 bits per heavy atom. The van der Waals surface area contributed by atoms with Crippen LogP contribution in [0.3, 0.4) is 0 Å². The molecule has 8 nitrogen and oxygen atoms in total. The van der Waals surface area contributed by atoms with Gasteiger partial charge < -0.3 is 5.11 Å². The second-order valence-electron chi connectivity index (χ2n) is 5.55. The van der Waals surface area contributed by atoms with Crippen molar-refractivity contribution in [3.05, 3.63) is 75.6 Å². The molecule has 3 aromatic rings. The summed E-state index contributed by atoms with van der Waals surface area (Å²) in [5, 5.41) is 25.9. The third-order valence-electron chi connectivity index (χ3n) is 3.77. The van der Waals surface area contributed by atoms with Crippen LogP contribution in [0.1, 0.15) is 21.6 Å². The number of rotatable bonds is 4. The van der Waals surface area contributed by atoms with Crippen molar-refractivity contribution in [2.45, 2.75) is 6.92 Å². The number of nitrogens with zero attached hydrogens (tertiary/aromatic N) is 3. The molecule has 8 heteroatoms. The zero-order valence-corrected chi connectivity index (χ0v) is 13.7. The minimum Gasteiger partial charge on any atom is -0.507 e. The molecular formula is C18H14N4O4. The number of hydrogen-bond acceptors (Lipinski definition) is 6. The van der Waals surface area contributed by atoms with Gasteiger partial charge in [-0.05, 0) is 42.0 Å². The molecular weight excluding hydrogens is 336 g/mol. The van der Waals surface area contributed by atoms with Gasteiger partial charge in [0.1, 0.15) is 5.75 Å². The number of aryl methyl sites for hydroxylation is 1. The molecule has 0 spiro atoms. The van der Waals surface area contributed by atoms with Gasteiger partial charge in [0, 0.05) is 29.6 Å². The maximum Gasteiger partial charge on any atom is 0.272 e. The summed E-state index contributed by atoms with van der Waals surface area (Å²) in [5.74, 6) is -0.495. The number of nitro groups is 1. The zero-order valence-electron chi connectivity index (χ0n) is 13.7. The van der Waals surface area contributed by atoms with Crippen molar-refractivity contribution in [1.82, 2.24) is 10.4 Å². The highest BCUT2D eigenvalue weighted by Crippen LogP contribution is 2.28. The molecule has 0 bridgehead atoms. The van der Waals surface area contributed by atoms with Gasteiger partial charge in [0.2, 0.25) is 0 Å². The first-order valence-electron chi connectivity index (χ1n) is 7.62. The summed E-state index contributed by atoms with van der Waals surface area (Å²) in [7, 11) is 0. The summed E-state index contributed by atoms with van der Waals surface area (Å²) in [6, 6.07) is 10.6. The molecule has 0 aliphatic heterocycles. The second-order valence-corrected chi connectivity index (χ2v) is 5.55. The van der Waals surface area contributed by atoms with E-state index >= 15 is 0 Å². The van der Waals surface area contributed by atoms with Crippen LogP contribution in [0.2, 0.25) is 0 Å². The molecule has 26 heavy (non-hydrogen) atoms. The molecule has 0 radical (unpaired) electrons. The second kappa shape index (κ2) is 6.98. The van der Waals surface area contributed by atoms with Gasteiger partial charge in [-0.15, -0.1) is 0 Å². The number of amides is 1. The Kier molecular flexibility index (Phi) is 4.57. The topological polar surface area (TPSA) is 118 Å². The van der Waals surface area contributed by atoms with E-state index in [1.165, 1.54) is 36.7 Å². The first-order valence-corrected chi connectivity index (χ1v) is 7.62. The van der Waals surface area contributed by atoms with Crippen LogP contribution in [0.15, 0.2) is 53.8 Å². The predicted molar refractivity (Wildman–Crippen MR) is 96.3 cm³/mol. The maximum atomic E-state index is 12.0. The largest absolute Gasteiger partial charge is 0.507 e. The number of nitro benzene ring substituents is 1. The molecule has 0 atom stereocenters. The molecule has 0 aliphatic rings. The Hall–Kier alpha value is -3.81. The van der Waals surface area contributed by atoms with E-state index in [1.807, 2.05) is 6.92 Å². The first-order chi connectivity index (χ1) is 12.5. The number of fused-ring (bicyclic) bond motifs is 1. The summed E-state index contributed by atoms with van der Waals surface area (Å²) in [6.45, 7) is 1.81. The monoisotopic (exact) mass is 350 g/mol. The summed E-state index contributed by atoms with van der Waals surface area (Å²) in [4.78, 5) is 26.4. The van der Waals surface area contributed by atoms with Crippen LogP contribution < -0.4 is 5.43 Å². The Morgan fingerprint density at radius 1 is 1.27 bits per heavy atom. The highest BCUT2D eigenvalue weighted by Gasteiger charge is 2.11. The Bertz CT molecular complexity index is 1030. The molecule has 0 saturated carbocycles. The fraction of sp³-hybridized carbons (Fsp3) is 0.0556. The summed E-state index contributed by atoms with van der Waals surface area (Å²) in [5.41, 5.74) is 3.80. The van der Waals surface area contributed by atoms with Crippen molar-refractivity contribution in [2.24, 2.45) is 5.10 Å². The molecule has 1 aromatic heterocycles. The van der Waals surface area contributed by atoms with Gasteiger partial charge in [-0.1, -0.05) is 6.07 Å². The van der Waals surface area contributed by atoms with E-state index in [9.17, 15) is 20.0 Å². The minimum absolute atomic E-state index is 0.0498. The standard InChI is InChI=1S/C18H14N4O4/c1-11-2-3-13(9-19-11)18(24)21-20-10-16-15-6-5-14(22(25)26)8-12(15)4-7-17(16)23/h2-10,23H,1H3,(H,21,24)/b20-10-. The van der Waals surface area contributed by atoms with Crippen LogP contribution >= 0.6 is 0 Å². The molecule has 130 valence electrons. The van der Waals surface area contributed by atoms with Crippen LogP contribution in [0, 0.1) is 17.0 Å². The van der Waals surface area contributed by atoms with Gasteiger partial charge in [0.25, 0.3) is 11.6 Å². The van der Waals surface area contributed by atoms with Crippen LogP contribution in [0.4, 0.5) is 5.69 Å². The molecule has 0 unspecified atom stereocenters. The van der Waals surface area contributed by atoms with Crippen molar-refractivity contribution in [3.63, 3.8) is 0 Å². The molecule has 1 amide bonds. The van der Waals surface area contributed by atoms with Crippen LogP contribution in [-0.4, -0.2) is 27.1 Å².